The quantitative estimate of drug-likeness (QED) is 0.877. The van der Waals surface area contributed by atoms with Gasteiger partial charge < -0.3 is 15.5 Å². The van der Waals surface area contributed by atoms with Crippen LogP contribution in [0.1, 0.15) is 0 Å². The van der Waals surface area contributed by atoms with E-state index in [1.54, 1.807) is 0 Å². The smallest absolute Gasteiger partial charge is 0.243 e. The highest BCUT2D eigenvalue weighted by molar-refractivity contribution is 5.93. The first kappa shape index (κ1) is 13.9. The van der Waals surface area contributed by atoms with Gasteiger partial charge in [0.15, 0.2) is 0 Å². The van der Waals surface area contributed by atoms with Crippen LogP contribution >= 0.6 is 0 Å². The molecule has 0 saturated heterocycles. The Morgan fingerprint density at radius 3 is 2.20 bits per heavy atom. The van der Waals surface area contributed by atoms with E-state index in [1.165, 1.54) is 0 Å². The van der Waals surface area contributed by atoms with Crippen LogP contribution in [0.3, 0.4) is 0 Å². The van der Waals surface area contributed by atoms with Crippen molar-refractivity contribution < 1.29 is 4.79 Å². The predicted octanol–water partition coefficient (Wildman–Crippen LogP) is 2.80. The van der Waals surface area contributed by atoms with Crippen molar-refractivity contribution in [3.8, 4) is 0 Å². The second-order valence-electron chi connectivity index (χ2n) is 4.71. The average molecular weight is 269 g/mol. The molecule has 2 aromatic rings. The van der Waals surface area contributed by atoms with Crippen molar-refractivity contribution >= 4 is 23.0 Å². The lowest BCUT2D eigenvalue weighted by molar-refractivity contribution is -0.114. The monoisotopic (exact) mass is 269 g/mol. The van der Waals surface area contributed by atoms with E-state index in [4.69, 9.17) is 0 Å². The Balaban J connectivity index is 1.84. The van der Waals surface area contributed by atoms with Crippen molar-refractivity contribution in [1.29, 1.82) is 0 Å². The van der Waals surface area contributed by atoms with Gasteiger partial charge in [-0.05, 0) is 36.4 Å². The highest BCUT2D eigenvalue weighted by Gasteiger charge is 2.02. The van der Waals surface area contributed by atoms with Crippen LogP contribution in [0.4, 0.5) is 17.1 Å². The number of para-hydroxylation sites is 1. The van der Waals surface area contributed by atoms with Crippen molar-refractivity contribution in [2.24, 2.45) is 0 Å². The summed E-state index contributed by atoms with van der Waals surface area (Å²) in [7, 11) is 3.99. The first-order chi connectivity index (χ1) is 9.65. The molecule has 0 unspecified atom stereocenters. The minimum absolute atomic E-state index is 0.0621. The summed E-state index contributed by atoms with van der Waals surface area (Å²) in [5.41, 5.74) is 2.87. The van der Waals surface area contributed by atoms with E-state index in [9.17, 15) is 4.79 Å². The van der Waals surface area contributed by atoms with E-state index in [-0.39, 0.29) is 12.5 Å². The fourth-order valence-electron chi connectivity index (χ4n) is 1.79. The molecule has 0 aromatic heterocycles. The lowest BCUT2D eigenvalue weighted by Gasteiger charge is -2.13. The van der Waals surface area contributed by atoms with Crippen LogP contribution in [0, 0.1) is 0 Å². The van der Waals surface area contributed by atoms with Crippen LogP contribution in [0.2, 0.25) is 0 Å². The standard InChI is InChI=1S/C16H19N3O/c1-19(2)15-10-8-13(9-11-15)17-12-16(20)18-14-6-4-3-5-7-14/h3-11,17H,12H2,1-2H3,(H,18,20). The summed E-state index contributed by atoms with van der Waals surface area (Å²) in [6.07, 6.45) is 0. The average Bonchev–Trinajstić information content (AvgIpc) is 2.46. The van der Waals surface area contributed by atoms with Gasteiger partial charge in [0.2, 0.25) is 5.91 Å². The molecular weight excluding hydrogens is 250 g/mol. The molecule has 2 N–H and O–H groups in total. The Labute approximate surface area is 119 Å². The van der Waals surface area contributed by atoms with Gasteiger partial charge in [0.1, 0.15) is 0 Å². The summed E-state index contributed by atoms with van der Waals surface area (Å²) in [4.78, 5) is 13.8. The normalized spacial score (nSPS) is 9.90. The van der Waals surface area contributed by atoms with E-state index in [1.807, 2.05) is 73.6 Å². The minimum atomic E-state index is -0.0621. The molecule has 2 rings (SSSR count). The molecule has 0 saturated carbocycles. The zero-order chi connectivity index (χ0) is 14.4. The molecule has 0 spiro atoms. The van der Waals surface area contributed by atoms with Crippen LogP contribution in [0.15, 0.2) is 54.6 Å². The van der Waals surface area contributed by atoms with Gasteiger partial charge in [0.05, 0.1) is 6.54 Å². The Hall–Kier alpha value is -2.49. The lowest BCUT2D eigenvalue weighted by Crippen LogP contribution is -2.21. The predicted molar refractivity (Wildman–Crippen MR) is 84.3 cm³/mol. The van der Waals surface area contributed by atoms with Crippen molar-refractivity contribution in [1.82, 2.24) is 0 Å². The van der Waals surface area contributed by atoms with Crippen LogP contribution < -0.4 is 15.5 Å². The van der Waals surface area contributed by atoms with E-state index < -0.39 is 0 Å². The van der Waals surface area contributed by atoms with Gasteiger partial charge in [-0.2, -0.15) is 0 Å². The van der Waals surface area contributed by atoms with E-state index in [2.05, 4.69) is 10.6 Å². The fourth-order valence-corrected chi connectivity index (χ4v) is 1.79. The molecule has 0 fully saturated rings. The fraction of sp³-hybridized carbons (Fsp3) is 0.188. The summed E-state index contributed by atoms with van der Waals surface area (Å²) < 4.78 is 0. The van der Waals surface area contributed by atoms with Gasteiger partial charge in [-0.1, -0.05) is 18.2 Å². The second-order valence-corrected chi connectivity index (χ2v) is 4.71. The number of carbonyl (C=O) groups excluding carboxylic acids is 1. The molecule has 0 aliphatic rings. The van der Waals surface area contributed by atoms with E-state index >= 15 is 0 Å². The van der Waals surface area contributed by atoms with Gasteiger partial charge in [-0.3, -0.25) is 4.79 Å². The van der Waals surface area contributed by atoms with Gasteiger partial charge in [0, 0.05) is 31.2 Å². The molecule has 104 valence electrons. The third-order valence-electron chi connectivity index (χ3n) is 2.89. The Morgan fingerprint density at radius 1 is 0.950 bits per heavy atom. The lowest BCUT2D eigenvalue weighted by atomic mass is 10.2. The summed E-state index contributed by atoms with van der Waals surface area (Å²) >= 11 is 0. The molecule has 4 heteroatoms. The zero-order valence-electron chi connectivity index (χ0n) is 11.8. The maximum absolute atomic E-state index is 11.8. The summed E-state index contributed by atoms with van der Waals surface area (Å²) in [6.45, 7) is 0.246. The number of amides is 1. The van der Waals surface area contributed by atoms with Crippen molar-refractivity contribution in [2.75, 3.05) is 36.2 Å². The van der Waals surface area contributed by atoms with Crippen LogP contribution in [0.5, 0.6) is 0 Å². The number of nitrogens with one attached hydrogen (secondary N) is 2. The van der Waals surface area contributed by atoms with Gasteiger partial charge >= 0.3 is 0 Å². The SMILES string of the molecule is CN(C)c1ccc(NCC(=O)Nc2ccccc2)cc1. The summed E-state index contributed by atoms with van der Waals surface area (Å²) in [5.74, 6) is -0.0621. The number of nitrogens with zero attached hydrogens (tertiary/aromatic N) is 1. The molecule has 20 heavy (non-hydrogen) atoms. The second kappa shape index (κ2) is 6.61. The summed E-state index contributed by atoms with van der Waals surface area (Å²) in [6, 6.07) is 17.4. The maximum atomic E-state index is 11.8. The Morgan fingerprint density at radius 2 is 1.60 bits per heavy atom. The van der Waals surface area contributed by atoms with Crippen LogP contribution in [-0.4, -0.2) is 26.5 Å². The topological polar surface area (TPSA) is 44.4 Å². The van der Waals surface area contributed by atoms with Crippen LogP contribution in [0.25, 0.3) is 0 Å². The molecule has 1 amide bonds. The Kier molecular flexibility index (Phi) is 4.60. The van der Waals surface area contributed by atoms with E-state index in [0.717, 1.165) is 17.1 Å². The molecule has 0 radical (unpaired) electrons. The molecule has 0 bridgehead atoms. The number of hydrogen-bond acceptors (Lipinski definition) is 3. The molecule has 0 atom stereocenters. The number of rotatable bonds is 5. The van der Waals surface area contributed by atoms with E-state index in [0.29, 0.717) is 0 Å². The number of carbonyl (C=O) groups is 1. The van der Waals surface area contributed by atoms with Crippen molar-refractivity contribution in [3.05, 3.63) is 54.6 Å². The first-order valence-corrected chi connectivity index (χ1v) is 6.51. The molecule has 0 aliphatic carbocycles. The third-order valence-corrected chi connectivity index (χ3v) is 2.89. The first-order valence-electron chi connectivity index (χ1n) is 6.51. The third kappa shape index (κ3) is 4.02. The molecule has 0 heterocycles. The number of benzene rings is 2. The highest BCUT2D eigenvalue weighted by atomic mass is 16.1. The number of hydrogen-bond donors (Lipinski definition) is 2. The highest BCUT2D eigenvalue weighted by Crippen LogP contribution is 2.15. The maximum Gasteiger partial charge on any atom is 0.243 e. The minimum Gasteiger partial charge on any atom is -0.378 e. The molecule has 4 nitrogen and oxygen atoms in total. The van der Waals surface area contributed by atoms with Crippen LogP contribution in [-0.2, 0) is 4.79 Å². The summed E-state index contributed by atoms with van der Waals surface area (Å²) in [5, 5.41) is 5.93. The Bertz CT molecular complexity index is 550. The van der Waals surface area contributed by atoms with Gasteiger partial charge in [0.25, 0.3) is 0 Å². The molecule has 2 aromatic carbocycles. The number of anilines is 3. The molecule has 0 aliphatic heterocycles. The molecular formula is C16H19N3O. The van der Waals surface area contributed by atoms with Crippen molar-refractivity contribution in [2.45, 2.75) is 0 Å². The van der Waals surface area contributed by atoms with Gasteiger partial charge in [-0.15, -0.1) is 0 Å². The zero-order valence-corrected chi connectivity index (χ0v) is 11.8. The van der Waals surface area contributed by atoms with Crippen molar-refractivity contribution in [3.63, 3.8) is 0 Å². The van der Waals surface area contributed by atoms with Gasteiger partial charge in [-0.25, -0.2) is 0 Å². The largest absolute Gasteiger partial charge is 0.378 e.